The first-order valence-corrected chi connectivity index (χ1v) is 11.9. The van der Waals surface area contributed by atoms with E-state index in [1.807, 2.05) is 54.6 Å². The summed E-state index contributed by atoms with van der Waals surface area (Å²) in [6.45, 7) is 0.693. The third-order valence-corrected chi connectivity index (χ3v) is 6.69. The minimum atomic E-state index is -0.0912. The van der Waals surface area contributed by atoms with Gasteiger partial charge in [-0.3, -0.25) is 4.79 Å². The molecule has 0 spiro atoms. The molecule has 0 aliphatic rings. The van der Waals surface area contributed by atoms with Gasteiger partial charge in [-0.1, -0.05) is 78.5 Å². The maximum absolute atomic E-state index is 12.8. The van der Waals surface area contributed by atoms with E-state index in [1.165, 1.54) is 22.2 Å². The summed E-state index contributed by atoms with van der Waals surface area (Å²) in [6.07, 6.45) is 1.61. The lowest BCUT2D eigenvalue weighted by atomic mass is 9.99. The van der Waals surface area contributed by atoms with E-state index in [0.29, 0.717) is 11.7 Å². The molecule has 31 heavy (non-hydrogen) atoms. The Morgan fingerprint density at radius 1 is 1.03 bits per heavy atom. The molecular weight excluding hydrogens is 426 g/mol. The normalized spacial score (nSPS) is 11.9. The highest BCUT2D eigenvalue weighted by molar-refractivity contribution is 7.99. The van der Waals surface area contributed by atoms with Gasteiger partial charge in [0.25, 0.3) is 0 Å². The van der Waals surface area contributed by atoms with Gasteiger partial charge >= 0.3 is 0 Å². The van der Waals surface area contributed by atoms with Gasteiger partial charge in [-0.25, -0.2) is 4.68 Å². The first kappa shape index (κ1) is 21.3. The zero-order chi connectivity index (χ0) is 21.3. The summed E-state index contributed by atoms with van der Waals surface area (Å²) in [5.41, 5.74) is 2.27. The Labute approximate surface area is 189 Å². The summed E-state index contributed by atoms with van der Waals surface area (Å²) in [5, 5.41) is 17.8. The van der Waals surface area contributed by atoms with Crippen molar-refractivity contribution >= 4 is 29.0 Å². The van der Waals surface area contributed by atoms with Crippen LogP contribution in [0.3, 0.4) is 0 Å². The fourth-order valence-corrected chi connectivity index (χ4v) is 4.68. The number of amides is 1. The molecule has 0 radical (unpaired) electrons. The fraction of sp³-hybridized carbons (Fsp3) is 0.217. The largest absolute Gasteiger partial charge is 0.348 e. The second kappa shape index (κ2) is 10.9. The van der Waals surface area contributed by atoms with Crippen LogP contribution in [-0.4, -0.2) is 31.9 Å². The molecule has 1 amide bonds. The number of nitrogens with one attached hydrogen (secondary N) is 1. The Morgan fingerprint density at radius 2 is 1.81 bits per heavy atom. The Balaban J connectivity index is 1.35. The number of hydrogen-bond donors (Lipinski definition) is 1. The molecule has 4 aromatic rings. The SMILES string of the molecule is O=C(CSc1nnnn1CCc1cccs1)N[C@@H](Cc1ccccc1)c1ccccc1. The minimum Gasteiger partial charge on any atom is -0.348 e. The molecule has 2 aromatic carbocycles. The van der Waals surface area contributed by atoms with Crippen LogP contribution >= 0.6 is 23.1 Å². The van der Waals surface area contributed by atoms with Crippen molar-refractivity contribution in [2.45, 2.75) is 30.6 Å². The molecule has 4 rings (SSSR count). The number of rotatable bonds is 10. The van der Waals surface area contributed by atoms with E-state index < -0.39 is 0 Å². The van der Waals surface area contributed by atoms with Crippen molar-refractivity contribution < 1.29 is 4.79 Å². The van der Waals surface area contributed by atoms with Crippen molar-refractivity contribution in [3.8, 4) is 0 Å². The molecule has 1 atom stereocenters. The molecule has 0 aliphatic heterocycles. The first-order valence-electron chi connectivity index (χ1n) is 10.1. The second-order valence-corrected chi connectivity index (χ2v) is 9.00. The Morgan fingerprint density at radius 3 is 2.55 bits per heavy atom. The molecule has 0 aliphatic carbocycles. The molecule has 0 fully saturated rings. The van der Waals surface area contributed by atoms with Crippen LogP contribution < -0.4 is 5.32 Å². The molecule has 6 nitrogen and oxygen atoms in total. The monoisotopic (exact) mass is 449 g/mol. The summed E-state index contributed by atoms with van der Waals surface area (Å²) in [6, 6.07) is 24.3. The van der Waals surface area contributed by atoms with Gasteiger partial charge in [-0.05, 0) is 39.4 Å². The maximum atomic E-state index is 12.8. The van der Waals surface area contributed by atoms with Gasteiger partial charge in [0.15, 0.2) is 0 Å². The first-order chi connectivity index (χ1) is 15.3. The molecule has 0 saturated heterocycles. The fourth-order valence-electron chi connectivity index (χ4n) is 3.26. The van der Waals surface area contributed by atoms with Gasteiger partial charge in [0.05, 0.1) is 18.3 Å². The standard InChI is InChI=1S/C23H23N5OS2/c29-22(17-31-23-25-26-27-28(23)14-13-20-12-7-15-30-20)24-21(19-10-5-2-6-11-19)16-18-8-3-1-4-9-18/h1-12,15,21H,13-14,16-17H2,(H,24,29)/t21-/m0/s1. The number of carbonyl (C=O) groups excluding carboxylic acids is 1. The van der Waals surface area contributed by atoms with Gasteiger partial charge in [0, 0.05) is 11.3 Å². The number of aromatic nitrogens is 4. The second-order valence-electron chi connectivity index (χ2n) is 7.02. The van der Waals surface area contributed by atoms with Crippen LogP contribution in [0.15, 0.2) is 83.3 Å². The van der Waals surface area contributed by atoms with Crippen molar-refractivity contribution in [2.24, 2.45) is 0 Å². The van der Waals surface area contributed by atoms with Crippen LogP contribution in [0.25, 0.3) is 0 Å². The molecular formula is C23H23N5OS2. The summed E-state index contributed by atoms with van der Waals surface area (Å²) < 4.78 is 1.76. The predicted octanol–water partition coefficient (Wildman–Crippen LogP) is 4.17. The maximum Gasteiger partial charge on any atom is 0.230 e. The lowest BCUT2D eigenvalue weighted by Gasteiger charge is -2.19. The lowest BCUT2D eigenvalue weighted by Crippen LogP contribution is -2.31. The molecule has 1 N–H and O–H groups in total. The van der Waals surface area contributed by atoms with E-state index in [-0.39, 0.29) is 17.7 Å². The lowest BCUT2D eigenvalue weighted by molar-refractivity contribution is -0.119. The summed E-state index contributed by atoms with van der Waals surface area (Å²) in [7, 11) is 0. The highest BCUT2D eigenvalue weighted by atomic mass is 32.2. The van der Waals surface area contributed by atoms with E-state index in [2.05, 4.69) is 44.4 Å². The average molecular weight is 450 g/mol. The summed E-state index contributed by atoms with van der Waals surface area (Å²) in [5.74, 6) is 0.222. The van der Waals surface area contributed by atoms with Crippen LogP contribution in [0.5, 0.6) is 0 Å². The predicted molar refractivity (Wildman–Crippen MR) is 124 cm³/mol. The van der Waals surface area contributed by atoms with E-state index >= 15 is 0 Å². The molecule has 2 heterocycles. The van der Waals surface area contributed by atoms with Gasteiger partial charge < -0.3 is 5.32 Å². The number of tetrazole rings is 1. The van der Waals surface area contributed by atoms with Gasteiger partial charge in [0.1, 0.15) is 0 Å². The molecule has 0 bridgehead atoms. The highest BCUT2D eigenvalue weighted by Gasteiger charge is 2.17. The number of aryl methyl sites for hydroxylation is 2. The van der Waals surface area contributed by atoms with Gasteiger partial charge in [-0.15, -0.1) is 16.4 Å². The molecule has 0 saturated carbocycles. The van der Waals surface area contributed by atoms with Crippen LogP contribution in [-0.2, 0) is 24.2 Å². The Kier molecular flexibility index (Phi) is 7.46. The van der Waals surface area contributed by atoms with Crippen molar-refractivity contribution in [1.82, 2.24) is 25.5 Å². The van der Waals surface area contributed by atoms with E-state index in [4.69, 9.17) is 0 Å². The number of benzene rings is 2. The molecule has 158 valence electrons. The van der Waals surface area contributed by atoms with Gasteiger partial charge in [0.2, 0.25) is 11.1 Å². The zero-order valence-electron chi connectivity index (χ0n) is 16.9. The van der Waals surface area contributed by atoms with Crippen LogP contribution in [0, 0.1) is 0 Å². The van der Waals surface area contributed by atoms with Crippen molar-refractivity contribution in [3.63, 3.8) is 0 Å². The Bertz CT molecular complexity index is 1070. The molecule has 2 aromatic heterocycles. The van der Waals surface area contributed by atoms with Crippen molar-refractivity contribution in [1.29, 1.82) is 0 Å². The summed E-state index contributed by atoms with van der Waals surface area (Å²) in [4.78, 5) is 14.0. The van der Waals surface area contributed by atoms with E-state index in [1.54, 1.807) is 16.0 Å². The van der Waals surface area contributed by atoms with Crippen molar-refractivity contribution in [2.75, 3.05) is 5.75 Å². The number of hydrogen-bond acceptors (Lipinski definition) is 6. The van der Waals surface area contributed by atoms with Crippen LogP contribution in [0.1, 0.15) is 22.0 Å². The third kappa shape index (κ3) is 6.26. The molecule has 8 heteroatoms. The number of thioether (sulfide) groups is 1. The highest BCUT2D eigenvalue weighted by Crippen LogP contribution is 2.20. The number of carbonyl (C=O) groups is 1. The topological polar surface area (TPSA) is 72.7 Å². The van der Waals surface area contributed by atoms with E-state index in [9.17, 15) is 4.79 Å². The van der Waals surface area contributed by atoms with Crippen molar-refractivity contribution in [3.05, 3.63) is 94.2 Å². The van der Waals surface area contributed by atoms with Gasteiger partial charge in [-0.2, -0.15) is 0 Å². The minimum absolute atomic E-state index is 0.0393. The smallest absolute Gasteiger partial charge is 0.230 e. The number of nitrogens with zero attached hydrogens (tertiary/aromatic N) is 4. The zero-order valence-corrected chi connectivity index (χ0v) is 18.6. The quantitative estimate of drug-likeness (QED) is 0.368. The molecule has 0 unspecified atom stereocenters. The van der Waals surface area contributed by atoms with E-state index in [0.717, 1.165) is 18.4 Å². The Hall–Kier alpha value is -2.97. The number of thiophene rings is 1. The van der Waals surface area contributed by atoms with Crippen LogP contribution in [0.2, 0.25) is 0 Å². The van der Waals surface area contributed by atoms with Crippen LogP contribution in [0.4, 0.5) is 0 Å². The summed E-state index contributed by atoms with van der Waals surface area (Å²) >= 11 is 3.08. The third-order valence-electron chi connectivity index (χ3n) is 4.80. The average Bonchev–Trinajstić information content (AvgIpc) is 3.49.